The molecular formula is C4H7NOS. The molecule has 0 aromatic carbocycles. The van der Waals surface area contributed by atoms with E-state index in [1.807, 2.05) is 0 Å². The van der Waals surface area contributed by atoms with Gasteiger partial charge in [0, 0.05) is 12.0 Å². The average molecular weight is 117 g/mol. The summed E-state index contributed by atoms with van der Waals surface area (Å²) in [6, 6.07) is 0. The summed E-state index contributed by atoms with van der Waals surface area (Å²) in [4.78, 5) is 0. The summed E-state index contributed by atoms with van der Waals surface area (Å²) in [7, 11) is 0. The lowest BCUT2D eigenvalue weighted by Gasteiger charge is -1.90. The van der Waals surface area contributed by atoms with Gasteiger partial charge in [0.1, 0.15) is 0 Å². The Kier molecular flexibility index (Phi) is 1.93. The Labute approximate surface area is 47.1 Å². The predicted molar refractivity (Wildman–Crippen MR) is 30.7 cm³/mol. The highest BCUT2D eigenvalue weighted by molar-refractivity contribution is 7.97. The summed E-state index contributed by atoms with van der Waals surface area (Å²) < 4.78 is 7.89. The molecule has 0 bridgehead atoms. The first-order chi connectivity index (χ1) is 3.50. The maximum Gasteiger partial charge on any atom is 0.0994 e. The van der Waals surface area contributed by atoms with E-state index in [9.17, 15) is 0 Å². The van der Waals surface area contributed by atoms with E-state index in [0.717, 1.165) is 12.4 Å². The van der Waals surface area contributed by atoms with Crippen molar-refractivity contribution in [3.8, 4) is 0 Å². The van der Waals surface area contributed by atoms with Gasteiger partial charge in [0.25, 0.3) is 0 Å². The van der Waals surface area contributed by atoms with Crippen LogP contribution in [0.1, 0.15) is 0 Å². The second kappa shape index (κ2) is 2.80. The highest BCUT2D eigenvalue weighted by atomic mass is 32.2. The van der Waals surface area contributed by atoms with E-state index >= 15 is 0 Å². The van der Waals surface area contributed by atoms with Gasteiger partial charge >= 0.3 is 0 Å². The molecule has 0 radical (unpaired) electrons. The molecule has 7 heavy (non-hydrogen) atoms. The van der Waals surface area contributed by atoms with Gasteiger partial charge in [-0.3, -0.25) is 0 Å². The topological polar surface area (TPSA) is 21.3 Å². The number of hydrogen-bond acceptors (Lipinski definition) is 3. The summed E-state index contributed by atoms with van der Waals surface area (Å²) in [5.41, 5.74) is 0. The molecule has 1 rings (SSSR count). The van der Waals surface area contributed by atoms with Crippen LogP contribution in [-0.4, -0.2) is 12.4 Å². The summed E-state index contributed by atoms with van der Waals surface area (Å²) in [5.74, 6) is 1.02. The van der Waals surface area contributed by atoms with E-state index in [4.69, 9.17) is 4.74 Å². The molecular weight excluding hydrogens is 110 g/mol. The van der Waals surface area contributed by atoms with Gasteiger partial charge in [-0.1, -0.05) is 0 Å². The van der Waals surface area contributed by atoms with Crippen molar-refractivity contribution in [3.63, 3.8) is 0 Å². The molecule has 0 unspecified atom stereocenters. The molecule has 0 amide bonds. The Morgan fingerprint density at radius 1 is 1.71 bits per heavy atom. The smallest absolute Gasteiger partial charge is 0.0994 e. The summed E-state index contributed by atoms with van der Waals surface area (Å²) in [6.45, 7) is 0.814. The Morgan fingerprint density at radius 3 is 3.71 bits per heavy atom. The van der Waals surface area contributed by atoms with Crippen LogP contribution in [0.4, 0.5) is 0 Å². The van der Waals surface area contributed by atoms with Crippen molar-refractivity contribution in [2.24, 2.45) is 0 Å². The largest absolute Gasteiger partial charge is 0.499 e. The number of nitrogens with one attached hydrogen (secondary N) is 1. The molecule has 0 saturated carbocycles. The van der Waals surface area contributed by atoms with Crippen molar-refractivity contribution >= 4 is 11.9 Å². The van der Waals surface area contributed by atoms with E-state index in [1.54, 1.807) is 24.4 Å². The Bertz CT molecular complexity index is 66.1. The first-order valence-electron chi connectivity index (χ1n) is 2.14. The van der Waals surface area contributed by atoms with Gasteiger partial charge in [0.15, 0.2) is 0 Å². The molecule has 40 valence electrons. The summed E-state index contributed by atoms with van der Waals surface area (Å²) in [6.07, 6.45) is 3.46. The van der Waals surface area contributed by atoms with Gasteiger partial charge in [-0.05, 0) is 11.9 Å². The minimum Gasteiger partial charge on any atom is -0.499 e. The zero-order valence-corrected chi connectivity index (χ0v) is 4.70. The van der Waals surface area contributed by atoms with Crippen LogP contribution >= 0.6 is 11.9 Å². The van der Waals surface area contributed by atoms with Gasteiger partial charge in [0.2, 0.25) is 0 Å². The van der Waals surface area contributed by atoms with E-state index in [1.165, 1.54) is 0 Å². The molecule has 0 aromatic rings. The zero-order valence-electron chi connectivity index (χ0n) is 3.89. The molecule has 2 nitrogen and oxygen atoms in total. The lowest BCUT2D eigenvalue weighted by atomic mass is 10.8. The zero-order chi connectivity index (χ0) is 4.95. The molecule has 1 aliphatic rings. The van der Waals surface area contributed by atoms with E-state index in [-0.39, 0.29) is 0 Å². The van der Waals surface area contributed by atoms with Crippen molar-refractivity contribution in [1.29, 1.82) is 0 Å². The average Bonchev–Trinajstić information content (AvgIpc) is 1.90. The minimum absolute atomic E-state index is 0.814. The standard InChI is InChI=1S/C4H7NOS/c1-2-6-3-4-7-5-1/h1-2,5H,3-4H2. The van der Waals surface area contributed by atoms with Crippen molar-refractivity contribution in [2.75, 3.05) is 12.4 Å². The minimum atomic E-state index is 0.814. The Balaban J connectivity index is 2.20. The van der Waals surface area contributed by atoms with Crippen molar-refractivity contribution in [3.05, 3.63) is 12.5 Å². The van der Waals surface area contributed by atoms with E-state index in [2.05, 4.69) is 4.72 Å². The second-order valence-electron chi connectivity index (χ2n) is 1.14. The maximum atomic E-state index is 4.93. The first-order valence-corrected chi connectivity index (χ1v) is 3.12. The lowest BCUT2D eigenvalue weighted by molar-refractivity contribution is 0.273. The highest BCUT2D eigenvalue weighted by Crippen LogP contribution is 1.96. The summed E-state index contributed by atoms with van der Waals surface area (Å²) >= 11 is 1.65. The third-order valence-electron chi connectivity index (χ3n) is 0.619. The highest BCUT2D eigenvalue weighted by Gasteiger charge is 1.87. The Hall–Kier alpha value is -0.310. The fourth-order valence-corrected chi connectivity index (χ4v) is 0.790. The summed E-state index contributed by atoms with van der Waals surface area (Å²) in [5, 5.41) is 0. The van der Waals surface area contributed by atoms with Crippen LogP contribution < -0.4 is 4.72 Å². The van der Waals surface area contributed by atoms with Gasteiger partial charge < -0.3 is 9.46 Å². The molecule has 0 atom stereocenters. The molecule has 0 aromatic heterocycles. The van der Waals surface area contributed by atoms with Gasteiger partial charge in [-0.2, -0.15) is 0 Å². The van der Waals surface area contributed by atoms with Crippen LogP contribution in [0.5, 0.6) is 0 Å². The SMILES string of the molecule is C1=COCCSN1. The van der Waals surface area contributed by atoms with Crippen molar-refractivity contribution in [1.82, 2.24) is 4.72 Å². The normalized spacial score (nSPS) is 19.4. The fraction of sp³-hybridized carbons (Fsp3) is 0.500. The molecule has 1 heterocycles. The fourth-order valence-electron chi connectivity index (χ4n) is 0.341. The lowest BCUT2D eigenvalue weighted by Crippen LogP contribution is -1.91. The molecule has 3 heteroatoms. The third kappa shape index (κ3) is 1.73. The molecule has 0 fully saturated rings. The molecule has 1 N–H and O–H groups in total. The van der Waals surface area contributed by atoms with Gasteiger partial charge in [0.05, 0.1) is 12.9 Å². The number of hydrogen-bond donors (Lipinski definition) is 1. The van der Waals surface area contributed by atoms with E-state index in [0.29, 0.717) is 0 Å². The number of ether oxygens (including phenoxy) is 1. The monoisotopic (exact) mass is 117 g/mol. The number of rotatable bonds is 0. The van der Waals surface area contributed by atoms with Crippen molar-refractivity contribution < 1.29 is 4.74 Å². The van der Waals surface area contributed by atoms with Crippen LogP contribution in [0.3, 0.4) is 0 Å². The van der Waals surface area contributed by atoms with Crippen LogP contribution in [0.2, 0.25) is 0 Å². The van der Waals surface area contributed by atoms with Crippen LogP contribution in [0.25, 0.3) is 0 Å². The van der Waals surface area contributed by atoms with E-state index < -0.39 is 0 Å². The van der Waals surface area contributed by atoms with Crippen LogP contribution in [0.15, 0.2) is 12.5 Å². The quantitative estimate of drug-likeness (QED) is 0.472. The van der Waals surface area contributed by atoms with Gasteiger partial charge in [-0.15, -0.1) is 0 Å². The van der Waals surface area contributed by atoms with Crippen LogP contribution in [-0.2, 0) is 4.74 Å². The third-order valence-corrected chi connectivity index (χ3v) is 1.29. The second-order valence-corrected chi connectivity index (χ2v) is 2.07. The first kappa shape index (κ1) is 4.84. The molecule has 0 spiro atoms. The molecule has 0 aliphatic carbocycles. The van der Waals surface area contributed by atoms with Gasteiger partial charge in [-0.25, -0.2) is 0 Å². The maximum absolute atomic E-state index is 4.93. The Morgan fingerprint density at radius 2 is 2.71 bits per heavy atom. The molecule has 1 aliphatic heterocycles. The molecule has 0 saturated heterocycles. The predicted octanol–water partition coefficient (Wildman–Crippen LogP) is 0.726. The van der Waals surface area contributed by atoms with Crippen molar-refractivity contribution in [2.45, 2.75) is 0 Å². The van der Waals surface area contributed by atoms with Crippen LogP contribution in [0, 0.1) is 0 Å².